The molecule has 6 heteroatoms. The number of hydrogen-bond acceptors (Lipinski definition) is 5. The third kappa shape index (κ3) is 3.41. The predicted octanol–water partition coefficient (Wildman–Crippen LogP) is 3.51. The number of amides is 1. The number of ether oxygens (including phenoxy) is 1. The summed E-state index contributed by atoms with van der Waals surface area (Å²) in [4.78, 5) is 19.9. The van der Waals surface area contributed by atoms with E-state index < -0.39 is 0 Å². The number of hydrogen-bond donors (Lipinski definition) is 1. The first-order chi connectivity index (χ1) is 15.1. The van der Waals surface area contributed by atoms with E-state index in [2.05, 4.69) is 16.4 Å². The fourth-order valence-corrected chi connectivity index (χ4v) is 4.36. The van der Waals surface area contributed by atoms with Gasteiger partial charge in [0.15, 0.2) is 0 Å². The summed E-state index contributed by atoms with van der Waals surface area (Å²) < 4.78 is 5.45. The molecule has 1 aliphatic heterocycles. The molecule has 156 valence electrons. The average molecular weight is 412 g/mol. The Hall–Kier alpha value is -3.43. The molecule has 6 nitrogen and oxygen atoms in total. The number of pyridine rings is 1. The molecule has 5 rings (SSSR count). The van der Waals surface area contributed by atoms with Gasteiger partial charge in [0.2, 0.25) is 0 Å². The number of methoxy groups -OCH3 is 1. The van der Waals surface area contributed by atoms with Crippen molar-refractivity contribution in [3.05, 3.63) is 59.8 Å². The number of fused-ring (bicyclic) bond motifs is 1. The van der Waals surface area contributed by atoms with Gasteiger partial charge in [0.25, 0.3) is 5.91 Å². The van der Waals surface area contributed by atoms with Crippen molar-refractivity contribution in [1.29, 1.82) is 5.26 Å². The average Bonchev–Trinajstić information content (AvgIpc) is 3.64. The highest BCUT2D eigenvalue weighted by atomic mass is 16.5. The minimum atomic E-state index is -0.332. The zero-order valence-corrected chi connectivity index (χ0v) is 17.5. The highest BCUT2D eigenvalue weighted by Crippen LogP contribution is 2.48. The van der Waals surface area contributed by atoms with Crippen molar-refractivity contribution in [1.82, 2.24) is 15.2 Å². The predicted molar refractivity (Wildman–Crippen MR) is 119 cm³/mol. The third-order valence-electron chi connectivity index (χ3n) is 6.40. The van der Waals surface area contributed by atoms with E-state index in [9.17, 15) is 10.1 Å². The van der Waals surface area contributed by atoms with Crippen molar-refractivity contribution in [2.45, 2.75) is 18.3 Å². The number of carbonyl (C=O) groups excluding carboxylic acids is 1. The van der Waals surface area contributed by atoms with E-state index in [4.69, 9.17) is 4.74 Å². The van der Waals surface area contributed by atoms with Crippen LogP contribution in [0, 0.1) is 11.3 Å². The van der Waals surface area contributed by atoms with E-state index in [-0.39, 0.29) is 11.3 Å². The molecule has 0 unspecified atom stereocenters. The molecule has 2 heterocycles. The second-order valence-electron chi connectivity index (χ2n) is 8.24. The molecule has 31 heavy (non-hydrogen) atoms. The molecule has 1 amide bonds. The van der Waals surface area contributed by atoms with Crippen molar-refractivity contribution < 1.29 is 9.53 Å². The highest BCUT2D eigenvalue weighted by Gasteiger charge is 2.44. The van der Waals surface area contributed by atoms with E-state index in [0.29, 0.717) is 18.7 Å². The largest absolute Gasteiger partial charge is 0.497 e. The minimum Gasteiger partial charge on any atom is -0.497 e. The van der Waals surface area contributed by atoms with E-state index >= 15 is 0 Å². The van der Waals surface area contributed by atoms with E-state index in [1.807, 2.05) is 47.4 Å². The molecule has 2 fully saturated rings. The molecule has 1 aromatic heterocycles. The van der Waals surface area contributed by atoms with Crippen LogP contribution in [0.25, 0.3) is 22.0 Å². The summed E-state index contributed by atoms with van der Waals surface area (Å²) >= 11 is 0. The monoisotopic (exact) mass is 412 g/mol. The summed E-state index contributed by atoms with van der Waals surface area (Å²) in [5.41, 5.74) is 3.92. The van der Waals surface area contributed by atoms with Crippen LogP contribution in [0.1, 0.15) is 28.8 Å². The summed E-state index contributed by atoms with van der Waals surface area (Å²) in [5, 5.41) is 13.7. The van der Waals surface area contributed by atoms with Crippen LogP contribution in [0.3, 0.4) is 0 Å². The Morgan fingerprint density at radius 1 is 1.16 bits per heavy atom. The summed E-state index contributed by atoms with van der Waals surface area (Å²) in [6.45, 7) is 2.94. The van der Waals surface area contributed by atoms with Crippen LogP contribution in [0.5, 0.6) is 5.75 Å². The summed E-state index contributed by atoms with van der Waals surface area (Å²) in [7, 11) is 1.63. The second-order valence-corrected chi connectivity index (χ2v) is 8.24. The second kappa shape index (κ2) is 7.68. The van der Waals surface area contributed by atoms with Crippen LogP contribution in [0.4, 0.5) is 0 Å². The van der Waals surface area contributed by atoms with Gasteiger partial charge < -0.3 is 15.0 Å². The fourth-order valence-electron chi connectivity index (χ4n) is 4.36. The fraction of sp³-hybridized carbons (Fsp3) is 0.320. The molecule has 0 spiro atoms. The molecule has 2 aliphatic rings. The van der Waals surface area contributed by atoms with Gasteiger partial charge in [-0.05, 0) is 42.2 Å². The van der Waals surface area contributed by atoms with E-state index in [1.54, 1.807) is 13.3 Å². The minimum absolute atomic E-state index is 0.00603. The first-order valence-corrected chi connectivity index (χ1v) is 10.6. The number of nitrogens with one attached hydrogen (secondary N) is 1. The molecule has 0 radical (unpaired) electrons. The molecule has 0 bridgehead atoms. The van der Waals surface area contributed by atoms with Crippen LogP contribution in [0.15, 0.2) is 48.7 Å². The molecule has 1 N–H and O–H groups in total. The molecule has 0 atom stereocenters. The number of carbonyl (C=O) groups is 1. The van der Waals surface area contributed by atoms with Crippen molar-refractivity contribution in [2.75, 3.05) is 33.3 Å². The van der Waals surface area contributed by atoms with Crippen LogP contribution < -0.4 is 10.1 Å². The van der Waals surface area contributed by atoms with Crippen LogP contribution in [-0.2, 0) is 5.41 Å². The zero-order chi connectivity index (χ0) is 21.4. The van der Waals surface area contributed by atoms with Crippen LogP contribution >= 0.6 is 0 Å². The topological polar surface area (TPSA) is 78.2 Å². The van der Waals surface area contributed by atoms with Gasteiger partial charge in [-0.15, -0.1) is 0 Å². The lowest BCUT2D eigenvalue weighted by molar-refractivity contribution is 0.0736. The summed E-state index contributed by atoms with van der Waals surface area (Å²) in [5.74, 6) is 0.717. The lowest BCUT2D eigenvalue weighted by Crippen LogP contribution is -2.46. The molecule has 1 saturated heterocycles. The van der Waals surface area contributed by atoms with Crippen molar-refractivity contribution >= 4 is 16.8 Å². The molecule has 1 aliphatic carbocycles. The Kier molecular flexibility index (Phi) is 4.84. The van der Waals surface area contributed by atoms with E-state index in [1.165, 1.54) is 0 Å². The standard InChI is InChI=1S/C25H24N4O2/c1-31-19-6-7-22-20(14-19)23(17-2-4-18(5-3-17)25(16-26)8-9-25)21(15-28-22)24(30)29-12-10-27-11-13-29/h2-7,14-15,27H,8-13H2,1H3. The summed E-state index contributed by atoms with van der Waals surface area (Å²) in [6, 6.07) is 16.3. The molecule has 2 aromatic carbocycles. The van der Waals surface area contributed by atoms with Gasteiger partial charge in [-0.3, -0.25) is 9.78 Å². The maximum absolute atomic E-state index is 13.5. The van der Waals surface area contributed by atoms with Crippen molar-refractivity contribution in [2.24, 2.45) is 0 Å². The lowest BCUT2D eigenvalue weighted by atomic mass is 9.91. The van der Waals surface area contributed by atoms with Gasteiger partial charge in [-0.2, -0.15) is 5.26 Å². The third-order valence-corrected chi connectivity index (χ3v) is 6.40. The Bertz CT molecular complexity index is 1190. The van der Waals surface area contributed by atoms with Crippen LogP contribution in [0.2, 0.25) is 0 Å². The molecule has 3 aromatic rings. The Morgan fingerprint density at radius 3 is 2.55 bits per heavy atom. The van der Waals surface area contributed by atoms with Gasteiger partial charge in [-0.1, -0.05) is 24.3 Å². The summed E-state index contributed by atoms with van der Waals surface area (Å²) in [6.07, 6.45) is 3.51. The smallest absolute Gasteiger partial charge is 0.256 e. The van der Waals surface area contributed by atoms with Crippen molar-refractivity contribution in [3.63, 3.8) is 0 Å². The number of piperazine rings is 1. The quantitative estimate of drug-likeness (QED) is 0.710. The number of nitriles is 1. The highest BCUT2D eigenvalue weighted by molar-refractivity contribution is 6.09. The lowest BCUT2D eigenvalue weighted by Gasteiger charge is -2.28. The maximum atomic E-state index is 13.5. The number of benzene rings is 2. The first-order valence-electron chi connectivity index (χ1n) is 10.6. The normalized spacial score (nSPS) is 17.2. The zero-order valence-electron chi connectivity index (χ0n) is 17.5. The van der Waals surface area contributed by atoms with Gasteiger partial charge in [0.05, 0.1) is 29.7 Å². The van der Waals surface area contributed by atoms with Gasteiger partial charge in [0.1, 0.15) is 5.75 Å². The molecule has 1 saturated carbocycles. The molecular formula is C25H24N4O2. The van der Waals surface area contributed by atoms with Gasteiger partial charge in [0, 0.05) is 43.3 Å². The Morgan fingerprint density at radius 2 is 1.90 bits per heavy atom. The number of nitrogens with zero attached hydrogens (tertiary/aromatic N) is 3. The van der Waals surface area contributed by atoms with Gasteiger partial charge >= 0.3 is 0 Å². The van der Waals surface area contributed by atoms with Crippen LogP contribution in [-0.4, -0.2) is 49.1 Å². The Labute approximate surface area is 181 Å². The molecular weight excluding hydrogens is 388 g/mol. The Balaban J connectivity index is 1.66. The maximum Gasteiger partial charge on any atom is 0.256 e. The number of rotatable bonds is 4. The number of aromatic nitrogens is 1. The van der Waals surface area contributed by atoms with E-state index in [0.717, 1.165) is 59.3 Å². The van der Waals surface area contributed by atoms with Crippen molar-refractivity contribution in [3.8, 4) is 22.9 Å². The SMILES string of the molecule is COc1ccc2ncc(C(=O)N3CCNCC3)c(-c3ccc(C4(C#N)CC4)cc3)c2c1. The van der Waals surface area contributed by atoms with Gasteiger partial charge in [-0.25, -0.2) is 0 Å². The first kappa shape index (κ1) is 19.5.